The molecule has 0 radical (unpaired) electrons. The number of aromatic nitrogens is 1. The Bertz CT molecular complexity index is 759. The molecule has 1 amide bonds. The molecule has 0 unspecified atom stereocenters. The second-order valence-corrected chi connectivity index (χ2v) is 5.05. The van der Waals surface area contributed by atoms with Crippen LogP contribution in [0.1, 0.15) is 11.3 Å². The summed E-state index contributed by atoms with van der Waals surface area (Å²) in [5.41, 5.74) is -0.348. The lowest BCUT2D eigenvalue weighted by atomic mass is 10.2. The summed E-state index contributed by atoms with van der Waals surface area (Å²) in [5.74, 6) is 0.169. The first-order valence-corrected chi connectivity index (χ1v) is 7.03. The van der Waals surface area contributed by atoms with E-state index in [0.717, 1.165) is 12.1 Å². The van der Waals surface area contributed by atoms with Crippen LogP contribution >= 0.6 is 11.6 Å². The van der Waals surface area contributed by atoms with Gasteiger partial charge in [-0.15, -0.1) is 0 Å². The smallest absolute Gasteiger partial charge is 0.417 e. The number of hydrogen-bond donors (Lipinski definition) is 1. The van der Waals surface area contributed by atoms with Crippen molar-refractivity contribution in [2.24, 2.45) is 0 Å². The molecule has 4 nitrogen and oxygen atoms in total. The van der Waals surface area contributed by atoms with E-state index < -0.39 is 17.6 Å². The lowest BCUT2D eigenvalue weighted by molar-refractivity contribution is -0.137. The molecule has 0 aliphatic carbocycles. The minimum atomic E-state index is -4.52. The Hall–Kier alpha value is -2.54. The number of nitrogens with one attached hydrogen (secondary N) is 1. The maximum Gasteiger partial charge on any atom is 0.417 e. The molecule has 1 heterocycles. The molecule has 8 heteroatoms. The van der Waals surface area contributed by atoms with Crippen LogP contribution in [0.2, 0.25) is 5.02 Å². The number of halogens is 4. The van der Waals surface area contributed by atoms with Gasteiger partial charge in [-0.2, -0.15) is 13.2 Å². The third-order valence-corrected chi connectivity index (χ3v) is 3.25. The number of carbonyl (C=O) groups excluding carboxylic acids is 1. The van der Waals surface area contributed by atoms with E-state index in [4.69, 9.17) is 16.3 Å². The van der Waals surface area contributed by atoms with Gasteiger partial charge >= 0.3 is 6.18 Å². The average molecular weight is 357 g/mol. The van der Waals surface area contributed by atoms with Crippen LogP contribution in [0.25, 0.3) is 6.08 Å². The summed E-state index contributed by atoms with van der Waals surface area (Å²) in [4.78, 5) is 15.4. The average Bonchev–Trinajstić information content (AvgIpc) is 2.53. The van der Waals surface area contributed by atoms with Crippen LogP contribution in [0.5, 0.6) is 5.75 Å². The number of rotatable bonds is 4. The fourth-order valence-corrected chi connectivity index (χ4v) is 1.97. The highest BCUT2D eigenvalue weighted by Crippen LogP contribution is 2.31. The minimum absolute atomic E-state index is 0.0644. The molecular weight excluding hydrogens is 345 g/mol. The van der Waals surface area contributed by atoms with Gasteiger partial charge in [-0.25, -0.2) is 0 Å². The van der Waals surface area contributed by atoms with Crippen molar-refractivity contribution in [3.8, 4) is 5.75 Å². The van der Waals surface area contributed by atoms with Gasteiger partial charge in [0.2, 0.25) is 5.91 Å². The second kappa shape index (κ2) is 7.35. The first-order valence-electron chi connectivity index (χ1n) is 6.65. The van der Waals surface area contributed by atoms with E-state index >= 15 is 0 Å². The largest absolute Gasteiger partial charge is 0.497 e. The van der Waals surface area contributed by atoms with Crippen LogP contribution in [-0.4, -0.2) is 18.0 Å². The van der Waals surface area contributed by atoms with Crippen LogP contribution < -0.4 is 10.1 Å². The van der Waals surface area contributed by atoms with Crippen molar-refractivity contribution in [3.05, 3.63) is 58.9 Å². The summed E-state index contributed by atoms with van der Waals surface area (Å²) in [6, 6.07) is 7.40. The summed E-state index contributed by atoms with van der Waals surface area (Å²) in [6.45, 7) is 0. The van der Waals surface area contributed by atoms with Crippen LogP contribution in [0.4, 0.5) is 18.9 Å². The molecule has 0 fully saturated rings. The Labute approximate surface area is 140 Å². The number of pyridine rings is 1. The van der Waals surface area contributed by atoms with Crippen LogP contribution in [-0.2, 0) is 11.0 Å². The maximum absolute atomic E-state index is 12.5. The van der Waals surface area contributed by atoms with E-state index in [-0.39, 0.29) is 10.7 Å². The zero-order valence-electron chi connectivity index (χ0n) is 12.4. The Morgan fingerprint density at radius 1 is 1.29 bits per heavy atom. The third kappa shape index (κ3) is 4.73. The van der Waals surface area contributed by atoms with Crippen LogP contribution in [0, 0.1) is 0 Å². The summed E-state index contributed by atoms with van der Waals surface area (Å²) in [7, 11) is 1.52. The number of benzene rings is 1. The molecule has 2 aromatic rings. The molecule has 24 heavy (non-hydrogen) atoms. The van der Waals surface area contributed by atoms with Gasteiger partial charge < -0.3 is 10.1 Å². The maximum atomic E-state index is 12.5. The standard InChI is InChI=1S/C16H12ClF3N2O2/c1-24-12-4-2-11(3-5-12)22-15(23)7-6-14-13(17)8-10(9-21-14)16(18,19)20/h2-9H,1H3,(H,22,23). The van der Waals surface area contributed by atoms with Gasteiger partial charge in [0, 0.05) is 18.0 Å². The van der Waals surface area contributed by atoms with Crippen LogP contribution in [0.15, 0.2) is 42.6 Å². The van der Waals surface area contributed by atoms with Gasteiger partial charge in [0.25, 0.3) is 0 Å². The highest BCUT2D eigenvalue weighted by atomic mass is 35.5. The topological polar surface area (TPSA) is 51.2 Å². The Morgan fingerprint density at radius 2 is 1.96 bits per heavy atom. The molecular formula is C16H12ClF3N2O2. The predicted molar refractivity (Wildman–Crippen MR) is 84.9 cm³/mol. The number of hydrogen-bond acceptors (Lipinski definition) is 3. The molecule has 1 aromatic heterocycles. The number of alkyl halides is 3. The molecule has 1 aromatic carbocycles. The molecule has 0 saturated heterocycles. The number of carbonyl (C=O) groups is 1. The van der Waals surface area contributed by atoms with Gasteiger partial charge in [-0.05, 0) is 36.4 Å². The van der Waals surface area contributed by atoms with E-state index in [1.807, 2.05) is 0 Å². The predicted octanol–water partition coefficient (Wildman–Crippen LogP) is 4.41. The fourth-order valence-electron chi connectivity index (χ4n) is 1.74. The lowest BCUT2D eigenvalue weighted by Gasteiger charge is -2.07. The normalized spacial score (nSPS) is 11.5. The first-order chi connectivity index (χ1) is 11.3. The van der Waals surface area contributed by atoms with Crippen molar-refractivity contribution in [1.82, 2.24) is 4.98 Å². The SMILES string of the molecule is COc1ccc(NC(=O)C=Cc2ncc(C(F)(F)F)cc2Cl)cc1. The zero-order chi connectivity index (χ0) is 17.7. The van der Waals surface area contributed by atoms with E-state index in [9.17, 15) is 18.0 Å². The number of nitrogens with zero attached hydrogens (tertiary/aromatic N) is 1. The minimum Gasteiger partial charge on any atom is -0.497 e. The van der Waals surface area contributed by atoms with Gasteiger partial charge in [0.05, 0.1) is 23.4 Å². The van der Waals surface area contributed by atoms with Crippen molar-refractivity contribution in [3.63, 3.8) is 0 Å². The highest BCUT2D eigenvalue weighted by molar-refractivity contribution is 6.32. The fraction of sp³-hybridized carbons (Fsp3) is 0.125. The zero-order valence-corrected chi connectivity index (χ0v) is 13.2. The summed E-state index contributed by atoms with van der Waals surface area (Å²) in [5, 5.41) is 2.39. The first kappa shape index (κ1) is 17.8. The molecule has 126 valence electrons. The second-order valence-electron chi connectivity index (χ2n) is 4.64. The number of methoxy groups -OCH3 is 1. The summed E-state index contributed by atoms with van der Waals surface area (Å²) in [6.07, 6.45) is -1.50. The molecule has 1 N–H and O–H groups in total. The number of amides is 1. The molecule has 0 bridgehead atoms. The molecule has 0 atom stereocenters. The monoisotopic (exact) mass is 356 g/mol. The molecule has 2 rings (SSSR count). The van der Waals surface area contributed by atoms with Crippen molar-refractivity contribution < 1.29 is 22.7 Å². The van der Waals surface area contributed by atoms with E-state index in [0.29, 0.717) is 17.6 Å². The van der Waals surface area contributed by atoms with Gasteiger partial charge in [-0.3, -0.25) is 9.78 Å². The van der Waals surface area contributed by atoms with Gasteiger partial charge in [0.15, 0.2) is 0 Å². The molecule has 0 spiro atoms. The number of ether oxygens (including phenoxy) is 1. The van der Waals surface area contributed by atoms with Gasteiger partial charge in [-0.1, -0.05) is 11.6 Å². The van der Waals surface area contributed by atoms with Crippen molar-refractivity contribution in [2.75, 3.05) is 12.4 Å². The number of anilines is 1. The van der Waals surface area contributed by atoms with E-state index in [2.05, 4.69) is 10.3 Å². The van der Waals surface area contributed by atoms with Crippen molar-refractivity contribution >= 4 is 29.3 Å². The van der Waals surface area contributed by atoms with Gasteiger partial charge in [0.1, 0.15) is 5.75 Å². The highest BCUT2D eigenvalue weighted by Gasteiger charge is 2.31. The van der Waals surface area contributed by atoms with E-state index in [1.165, 1.54) is 13.2 Å². The van der Waals surface area contributed by atoms with Crippen LogP contribution in [0.3, 0.4) is 0 Å². The lowest BCUT2D eigenvalue weighted by Crippen LogP contribution is -2.08. The van der Waals surface area contributed by atoms with E-state index in [1.54, 1.807) is 24.3 Å². The Kier molecular flexibility index (Phi) is 5.46. The molecule has 0 aliphatic rings. The molecule has 0 aliphatic heterocycles. The van der Waals surface area contributed by atoms with Crippen molar-refractivity contribution in [2.45, 2.75) is 6.18 Å². The van der Waals surface area contributed by atoms with Crippen molar-refractivity contribution in [1.29, 1.82) is 0 Å². The molecule has 0 saturated carbocycles. The quantitative estimate of drug-likeness (QED) is 0.825. The third-order valence-electron chi connectivity index (χ3n) is 2.95. The summed E-state index contributed by atoms with van der Waals surface area (Å²) >= 11 is 5.75. The Morgan fingerprint density at radius 3 is 2.50 bits per heavy atom. The Balaban J connectivity index is 2.05. The summed E-state index contributed by atoms with van der Waals surface area (Å²) < 4.78 is 42.6.